The Balaban J connectivity index is 2.44. The van der Waals surface area contributed by atoms with Crippen LogP contribution in [0.5, 0.6) is 0 Å². The van der Waals surface area contributed by atoms with Crippen LogP contribution in [-0.4, -0.2) is 55.0 Å². The average Bonchev–Trinajstić information content (AvgIpc) is 2.15. The quantitative estimate of drug-likeness (QED) is 0.765. The molecule has 1 unspecified atom stereocenters. The van der Waals surface area contributed by atoms with E-state index in [-0.39, 0.29) is 5.91 Å². The largest absolute Gasteiger partial charge is 0.344 e. The van der Waals surface area contributed by atoms with Crippen molar-refractivity contribution in [2.75, 3.05) is 33.7 Å². The predicted molar refractivity (Wildman–Crippen MR) is 66.1 cm³/mol. The molecule has 0 spiro atoms. The highest BCUT2D eigenvalue weighted by Gasteiger charge is 2.28. The maximum atomic E-state index is 11.9. The first-order valence-corrected chi connectivity index (χ1v) is 6.03. The van der Waals surface area contributed by atoms with Gasteiger partial charge in [-0.1, -0.05) is 0 Å². The van der Waals surface area contributed by atoms with Crippen LogP contribution in [0.25, 0.3) is 0 Å². The number of hydrogen-bond donors (Lipinski definition) is 1. The van der Waals surface area contributed by atoms with Crippen LogP contribution in [0.1, 0.15) is 26.7 Å². The molecular formula is C12H25N3O. The summed E-state index contributed by atoms with van der Waals surface area (Å²) < 4.78 is 0. The van der Waals surface area contributed by atoms with Crippen LogP contribution >= 0.6 is 0 Å². The van der Waals surface area contributed by atoms with Crippen molar-refractivity contribution >= 4 is 5.91 Å². The van der Waals surface area contributed by atoms with Gasteiger partial charge in [0.2, 0.25) is 5.91 Å². The topological polar surface area (TPSA) is 49.6 Å². The van der Waals surface area contributed by atoms with Gasteiger partial charge >= 0.3 is 0 Å². The van der Waals surface area contributed by atoms with E-state index in [4.69, 9.17) is 5.73 Å². The molecule has 1 saturated heterocycles. The fourth-order valence-electron chi connectivity index (χ4n) is 2.38. The van der Waals surface area contributed by atoms with Gasteiger partial charge in [-0.25, -0.2) is 0 Å². The van der Waals surface area contributed by atoms with Crippen molar-refractivity contribution in [2.24, 2.45) is 11.7 Å². The maximum absolute atomic E-state index is 11.9. The molecule has 1 aliphatic rings. The summed E-state index contributed by atoms with van der Waals surface area (Å²) in [5, 5.41) is 0. The number of amides is 1. The maximum Gasteiger partial charge on any atom is 0.241 e. The zero-order valence-corrected chi connectivity index (χ0v) is 11.0. The molecule has 0 aromatic carbocycles. The molecule has 1 rings (SSSR count). The summed E-state index contributed by atoms with van der Waals surface area (Å²) >= 11 is 0. The van der Waals surface area contributed by atoms with Gasteiger partial charge in [0.25, 0.3) is 0 Å². The Morgan fingerprint density at radius 3 is 2.69 bits per heavy atom. The highest BCUT2D eigenvalue weighted by molar-refractivity contribution is 5.84. The molecule has 1 amide bonds. The third kappa shape index (κ3) is 3.76. The highest BCUT2D eigenvalue weighted by atomic mass is 16.2. The van der Waals surface area contributed by atoms with E-state index in [1.807, 2.05) is 7.05 Å². The Morgan fingerprint density at radius 1 is 1.56 bits per heavy atom. The average molecular weight is 227 g/mol. The van der Waals surface area contributed by atoms with E-state index in [2.05, 4.69) is 11.9 Å². The van der Waals surface area contributed by atoms with E-state index in [0.717, 1.165) is 13.1 Å². The number of rotatable bonds is 3. The summed E-state index contributed by atoms with van der Waals surface area (Å²) in [5.41, 5.74) is 5.06. The standard InChI is InChI=1S/C12H25N3O/c1-12(2,13)11(16)15(4)9-10-6-5-7-14(3)8-10/h10H,5-9,13H2,1-4H3. The lowest BCUT2D eigenvalue weighted by atomic mass is 9.97. The number of piperidine rings is 1. The van der Waals surface area contributed by atoms with E-state index in [1.165, 1.54) is 19.4 Å². The first-order chi connectivity index (χ1) is 7.30. The molecule has 1 fully saturated rings. The van der Waals surface area contributed by atoms with Crippen molar-refractivity contribution in [3.63, 3.8) is 0 Å². The van der Waals surface area contributed by atoms with Crippen molar-refractivity contribution in [1.82, 2.24) is 9.80 Å². The number of hydrogen-bond acceptors (Lipinski definition) is 3. The lowest BCUT2D eigenvalue weighted by Crippen LogP contribution is -2.51. The van der Waals surface area contributed by atoms with E-state index in [0.29, 0.717) is 5.92 Å². The summed E-state index contributed by atoms with van der Waals surface area (Å²) in [6, 6.07) is 0. The van der Waals surface area contributed by atoms with Gasteiger partial charge in [-0.05, 0) is 46.2 Å². The molecule has 0 saturated carbocycles. The van der Waals surface area contributed by atoms with Crippen LogP contribution in [-0.2, 0) is 4.79 Å². The molecule has 1 atom stereocenters. The summed E-state index contributed by atoms with van der Waals surface area (Å²) in [7, 11) is 3.99. The van der Waals surface area contributed by atoms with Crippen molar-refractivity contribution in [3.8, 4) is 0 Å². The van der Waals surface area contributed by atoms with Gasteiger partial charge < -0.3 is 15.5 Å². The van der Waals surface area contributed by atoms with Crippen molar-refractivity contribution in [3.05, 3.63) is 0 Å². The Hall–Kier alpha value is -0.610. The zero-order valence-electron chi connectivity index (χ0n) is 11.0. The second-order valence-corrected chi connectivity index (χ2v) is 5.68. The number of nitrogens with two attached hydrogens (primary N) is 1. The van der Waals surface area contributed by atoms with Crippen molar-refractivity contribution < 1.29 is 4.79 Å². The van der Waals surface area contributed by atoms with Crippen LogP contribution in [0, 0.1) is 5.92 Å². The second-order valence-electron chi connectivity index (χ2n) is 5.68. The Kier molecular flexibility index (Phi) is 4.33. The van der Waals surface area contributed by atoms with Crippen molar-refractivity contribution in [1.29, 1.82) is 0 Å². The number of nitrogens with zero attached hydrogens (tertiary/aromatic N) is 2. The molecule has 1 heterocycles. The predicted octanol–water partition coefficient (Wildman–Crippen LogP) is 0.524. The summed E-state index contributed by atoms with van der Waals surface area (Å²) in [5.74, 6) is 0.621. The number of likely N-dealkylation sites (N-methyl/N-ethyl adjacent to an activating group) is 1. The summed E-state index contributed by atoms with van der Waals surface area (Å²) in [6.07, 6.45) is 2.45. The summed E-state index contributed by atoms with van der Waals surface area (Å²) in [6.45, 7) is 6.61. The van der Waals surface area contributed by atoms with Gasteiger partial charge in [-0.3, -0.25) is 4.79 Å². The van der Waals surface area contributed by atoms with Crippen LogP contribution in [0.4, 0.5) is 0 Å². The van der Waals surface area contributed by atoms with E-state index in [1.54, 1.807) is 18.7 Å². The van der Waals surface area contributed by atoms with Crippen LogP contribution < -0.4 is 5.73 Å². The first kappa shape index (κ1) is 13.5. The monoisotopic (exact) mass is 227 g/mol. The number of carbonyl (C=O) groups excluding carboxylic acids is 1. The fraction of sp³-hybridized carbons (Fsp3) is 0.917. The summed E-state index contributed by atoms with van der Waals surface area (Å²) in [4.78, 5) is 16.0. The molecule has 2 N–H and O–H groups in total. The molecule has 1 aliphatic heterocycles. The van der Waals surface area contributed by atoms with E-state index in [9.17, 15) is 4.79 Å². The Bertz CT molecular complexity index is 247. The smallest absolute Gasteiger partial charge is 0.241 e. The SMILES string of the molecule is CN1CCCC(CN(C)C(=O)C(C)(C)N)C1. The zero-order chi connectivity index (χ0) is 12.3. The van der Waals surface area contributed by atoms with E-state index >= 15 is 0 Å². The van der Waals surface area contributed by atoms with Gasteiger partial charge in [0.05, 0.1) is 5.54 Å². The van der Waals surface area contributed by atoms with Gasteiger partial charge in [-0.2, -0.15) is 0 Å². The molecule has 4 heteroatoms. The lowest BCUT2D eigenvalue weighted by molar-refractivity contribution is -0.135. The molecule has 16 heavy (non-hydrogen) atoms. The minimum atomic E-state index is -0.755. The molecule has 0 aromatic heterocycles. The molecule has 4 nitrogen and oxygen atoms in total. The Labute approximate surface area is 98.8 Å². The fourth-order valence-corrected chi connectivity index (χ4v) is 2.38. The second kappa shape index (κ2) is 5.15. The molecule has 0 aliphatic carbocycles. The van der Waals surface area contributed by atoms with Gasteiger partial charge in [0.15, 0.2) is 0 Å². The van der Waals surface area contributed by atoms with Gasteiger partial charge in [0.1, 0.15) is 0 Å². The van der Waals surface area contributed by atoms with Crippen LogP contribution in [0.15, 0.2) is 0 Å². The minimum Gasteiger partial charge on any atom is -0.344 e. The molecule has 0 radical (unpaired) electrons. The third-order valence-electron chi connectivity index (χ3n) is 3.15. The molecule has 0 aromatic rings. The lowest BCUT2D eigenvalue weighted by Gasteiger charge is -2.34. The normalized spacial score (nSPS) is 23.2. The number of likely N-dealkylation sites (tertiary alicyclic amines) is 1. The Morgan fingerprint density at radius 2 is 2.19 bits per heavy atom. The van der Waals surface area contributed by atoms with E-state index < -0.39 is 5.54 Å². The minimum absolute atomic E-state index is 0.0285. The number of carbonyl (C=O) groups is 1. The molecular weight excluding hydrogens is 202 g/mol. The third-order valence-corrected chi connectivity index (χ3v) is 3.15. The van der Waals surface area contributed by atoms with Crippen LogP contribution in [0.2, 0.25) is 0 Å². The highest BCUT2D eigenvalue weighted by Crippen LogP contribution is 2.16. The van der Waals surface area contributed by atoms with Crippen molar-refractivity contribution in [2.45, 2.75) is 32.2 Å². The molecule has 94 valence electrons. The molecule has 0 bridgehead atoms. The van der Waals surface area contributed by atoms with Gasteiger partial charge in [0, 0.05) is 20.1 Å². The van der Waals surface area contributed by atoms with Crippen LogP contribution in [0.3, 0.4) is 0 Å². The first-order valence-electron chi connectivity index (χ1n) is 6.03. The van der Waals surface area contributed by atoms with Gasteiger partial charge in [-0.15, -0.1) is 0 Å².